The van der Waals surface area contributed by atoms with Gasteiger partial charge in [-0.1, -0.05) is 42.5 Å². The summed E-state index contributed by atoms with van der Waals surface area (Å²) >= 11 is 1.47. The molecule has 0 saturated heterocycles. The van der Waals surface area contributed by atoms with Gasteiger partial charge in [-0.25, -0.2) is 9.55 Å². The third kappa shape index (κ3) is 4.43. The van der Waals surface area contributed by atoms with Crippen molar-refractivity contribution in [1.82, 2.24) is 4.98 Å². The Hall–Kier alpha value is -3.25. The summed E-state index contributed by atoms with van der Waals surface area (Å²) in [5, 5.41) is 13.5. The Morgan fingerprint density at radius 1 is 1.07 bits per heavy atom. The van der Waals surface area contributed by atoms with E-state index in [1.807, 2.05) is 36.4 Å². The third-order valence-electron chi connectivity index (χ3n) is 4.69. The molecule has 0 spiro atoms. The molecule has 5 nitrogen and oxygen atoms in total. The number of anilines is 1. The second kappa shape index (κ2) is 8.41. The smallest absolute Gasteiger partial charge is 0.317 e. The van der Waals surface area contributed by atoms with E-state index >= 15 is 0 Å². The highest BCUT2D eigenvalue weighted by molar-refractivity contribution is 7.99. The van der Waals surface area contributed by atoms with Crippen LogP contribution in [-0.4, -0.2) is 21.8 Å². The first kappa shape index (κ1) is 19.1. The van der Waals surface area contributed by atoms with Crippen molar-refractivity contribution in [2.45, 2.75) is 18.6 Å². The molecular weight excluding hydrogens is 382 g/mol. The lowest BCUT2D eigenvalue weighted by Crippen LogP contribution is -2.35. The normalized spacial score (nSPS) is 10.9. The van der Waals surface area contributed by atoms with Gasteiger partial charge in [-0.3, -0.25) is 4.79 Å². The van der Waals surface area contributed by atoms with Crippen LogP contribution in [-0.2, 0) is 11.3 Å². The SMILES string of the molecule is Cc1cc(NC(=O)CSc2[nH]c3ccccc3[n+]2Cc2ccccc2)ccc1O. The number of H-pyrrole nitrogens is 1. The quantitative estimate of drug-likeness (QED) is 0.256. The van der Waals surface area contributed by atoms with E-state index < -0.39 is 0 Å². The number of phenolic OH excluding ortho intramolecular Hbond substituents is 1. The Morgan fingerprint density at radius 2 is 1.83 bits per heavy atom. The van der Waals surface area contributed by atoms with Crippen LogP contribution in [0, 0.1) is 6.92 Å². The van der Waals surface area contributed by atoms with Crippen molar-refractivity contribution >= 4 is 34.4 Å². The summed E-state index contributed by atoms with van der Waals surface area (Å²) in [6, 6.07) is 23.5. The van der Waals surface area contributed by atoms with Gasteiger partial charge >= 0.3 is 5.16 Å². The number of para-hydroxylation sites is 2. The summed E-state index contributed by atoms with van der Waals surface area (Å²) < 4.78 is 2.20. The molecule has 146 valence electrons. The van der Waals surface area contributed by atoms with E-state index in [2.05, 4.69) is 33.1 Å². The van der Waals surface area contributed by atoms with Crippen molar-refractivity contribution < 1.29 is 14.5 Å². The summed E-state index contributed by atoms with van der Waals surface area (Å²) in [4.78, 5) is 15.9. The number of aromatic amines is 1. The Labute approximate surface area is 173 Å². The van der Waals surface area contributed by atoms with Gasteiger partial charge in [-0.2, -0.15) is 0 Å². The topological polar surface area (TPSA) is 69.0 Å². The molecule has 1 aromatic heterocycles. The van der Waals surface area contributed by atoms with Crippen LogP contribution < -0.4 is 9.88 Å². The molecule has 6 heteroatoms. The number of hydrogen-bond acceptors (Lipinski definition) is 3. The van der Waals surface area contributed by atoms with Crippen molar-refractivity contribution in [2.75, 3.05) is 11.1 Å². The number of amides is 1. The second-order valence-electron chi connectivity index (χ2n) is 6.86. The summed E-state index contributed by atoms with van der Waals surface area (Å²) in [7, 11) is 0. The van der Waals surface area contributed by atoms with E-state index in [4.69, 9.17) is 0 Å². The molecule has 0 unspecified atom stereocenters. The standard InChI is InChI=1S/C23H21N3O2S/c1-16-13-18(11-12-21(16)27)24-22(28)15-29-23-25-19-9-5-6-10-20(19)26(23)14-17-7-3-2-4-8-17/h2-13H,14-15H2,1H3,(H2,24,27,28)/p+1. The van der Waals surface area contributed by atoms with Crippen molar-refractivity contribution in [2.24, 2.45) is 0 Å². The van der Waals surface area contributed by atoms with Crippen molar-refractivity contribution in [1.29, 1.82) is 0 Å². The molecule has 0 bridgehead atoms. The van der Waals surface area contributed by atoms with E-state index in [1.54, 1.807) is 25.1 Å². The average molecular weight is 405 g/mol. The fraction of sp³-hybridized carbons (Fsp3) is 0.130. The fourth-order valence-electron chi connectivity index (χ4n) is 3.21. The van der Waals surface area contributed by atoms with Gasteiger partial charge in [0, 0.05) is 5.69 Å². The predicted molar refractivity (Wildman–Crippen MR) is 116 cm³/mol. The van der Waals surface area contributed by atoms with E-state index in [0.717, 1.165) is 28.3 Å². The van der Waals surface area contributed by atoms with Crippen LogP contribution in [0.4, 0.5) is 5.69 Å². The molecule has 0 atom stereocenters. The van der Waals surface area contributed by atoms with Crippen LogP contribution in [0.3, 0.4) is 0 Å². The minimum Gasteiger partial charge on any atom is -0.508 e. The zero-order valence-corrected chi connectivity index (χ0v) is 16.9. The van der Waals surface area contributed by atoms with E-state index in [0.29, 0.717) is 5.69 Å². The lowest BCUT2D eigenvalue weighted by atomic mass is 10.2. The van der Waals surface area contributed by atoms with Crippen LogP contribution in [0.1, 0.15) is 11.1 Å². The van der Waals surface area contributed by atoms with E-state index in [9.17, 15) is 9.90 Å². The molecule has 3 aromatic carbocycles. The average Bonchev–Trinajstić information content (AvgIpc) is 3.07. The van der Waals surface area contributed by atoms with Crippen LogP contribution in [0.15, 0.2) is 78.0 Å². The number of carbonyl (C=O) groups excluding carboxylic acids is 1. The zero-order valence-electron chi connectivity index (χ0n) is 16.1. The van der Waals surface area contributed by atoms with Gasteiger partial charge in [-0.15, -0.1) is 0 Å². The summed E-state index contributed by atoms with van der Waals surface area (Å²) in [5.41, 5.74) is 4.76. The van der Waals surface area contributed by atoms with Gasteiger partial charge in [-0.05, 0) is 60.1 Å². The number of aromatic nitrogens is 2. The molecule has 0 aliphatic rings. The first-order valence-electron chi connectivity index (χ1n) is 9.37. The maximum absolute atomic E-state index is 12.4. The Kier molecular flexibility index (Phi) is 5.53. The lowest BCUT2D eigenvalue weighted by molar-refractivity contribution is -0.700. The fourth-order valence-corrected chi connectivity index (χ4v) is 4.05. The first-order chi connectivity index (χ1) is 14.1. The third-order valence-corrected chi connectivity index (χ3v) is 5.69. The van der Waals surface area contributed by atoms with Gasteiger partial charge < -0.3 is 10.4 Å². The van der Waals surface area contributed by atoms with Crippen molar-refractivity contribution in [3.63, 3.8) is 0 Å². The molecule has 0 fully saturated rings. The molecule has 3 N–H and O–H groups in total. The summed E-state index contributed by atoms with van der Waals surface area (Å²) in [6.07, 6.45) is 0. The largest absolute Gasteiger partial charge is 0.508 e. The molecule has 1 heterocycles. The Balaban J connectivity index is 1.52. The summed E-state index contributed by atoms with van der Waals surface area (Å²) in [5.74, 6) is 0.407. The molecular formula is C23H22N3O2S+. The van der Waals surface area contributed by atoms with Gasteiger partial charge in [0.05, 0.1) is 5.75 Å². The molecule has 0 aliphatic carbocycles. The molecule has 0 radical (unpaired) electrons. The highest BCUT2D eigenvalue weighted by Crippen LogP contribution is 2.22. The number of aryl methyl sites for hydroxylation is 1. The minimum atomic E-state index is -0.0926. The van der Waals surface area contributed by atoms with Gasteiger partial charge in [0.15, 0.2) is 11.0 Å². The molecule has 29 heavy (non-hydrogen) atoms. The monoisotopic (exact) mass is 404 g/mol. The maximum Gasteiger partial charge on any atom is 0.317 e. The number of thioether (sulfide) groups is 1. The molecule has 0 saturated carbocycles. The number of aromatic hydroxyl groups is 1. The molecule has 4 aromatic rings. The van der Waals surface area contributed by atoms with Crippen LogP contribution >= 0.6 is 11.8 Å². The van der Waals surface area contributed by atoms with Crippen molar-refractivity contribution in [3.05, 3.63) is 83.9 Å². The van der Waals surface area contributed by atoms with Crippen LogP contribution in [0.2, 0.25) is 0 Å². The maximum atomic E-state index is 12.4. The second-order valence-corrected chi connectivity index (χ2v) is 7.82. The lowest BCUT2D eigenvalue weighted by Gasteiger charge is -2.06. The molecule has 1 amide bonds. The first-order valence-corrected chi connectivity index (χ1v) is 10.4. The number of fused-ring (bicyclic) bond motifs is 1. The summed E-state index contributed by atoms with van der Waals surface area (Å²) in [6.45, 7) is 2.53. The van der Waals surface area contributed by atoms with Crippen molar-refractivity contribution in [3.8, 4) is 5.75 Å². The number of hydrogen-bond donors (Lipinski definition) is 3. The zero-order chi connectivity index (χ0) is 20.2. The van der Waals surface area contributed by atoms with Gasteiger partial charge in [0.25, 0.3) is 0 Å². The molecule has 0 aliphatic heterocycles. The van der Waals surface area contributed by atoms with Crippen LogP contribution in [0.5, 0.6) is 5.75 Å². The van der Waals surface area contributed by atoms with E-state index in [-0.39, 0.29) is 17.4 Å². The highest BCUT2D eigenvalue weighted by atomic mass is 32.2. The van der Waals surface area contributed by atoms with Crippen LogP contribution in [0.25, 0.3) is 11.0 Å². The number of nitrogens with zero attached hydrogens (tertiary/aromatic N) is 1. The van der Waals surface area contributed by atoms with E-state index in [1.165, 1.54) is 17.3 Å². The minimum absolute atomic E-state index is 0.0926. The number of carbonyl (C=O) groups is 1. The number of imidazole rings is 1. The number of rotatable bonds is 6. The Bertz CT molecular complexity index is 1160. The predicted octanol–water partition coefficient (Wildman–Crippen LogP) is 4.25. The molecule has 4 rings (SSSR count). The highest BCUT2D eigenvalue weighted by Gasteiger charge is 2.20. The van der Waals surface area contributed by atoms with Gasteiger partial charge in [0.1, 0.15) is 12.3 Å². The number of benzene rings is 3. The Morgan fingerprint density at radius 3 is 2.62 bits per heavy atom. The number of phenols is 1. The van der Waals surface area contributed by atoms with Gasteiger partial charge in [0.2, 0.25) is 5.91 Å². The number of nitrogens with one attached hydrogen (secondary N) is 2.